The Labute approximate surface area is 116 Å². The van der Waals surface area contributed by atoms with E-state index in [0.717, 1.165) is 36.8 Å². The summed E-state index contributed by atoms with van der Waals surface area (Å²) in [6, 6.07) is 0.0722. The van der Waals surface area contributed by atoms with Gasteiger partial charge in [0.05, 0.1) is 13.0 Å². The topological polar surface area (TPSA) is 84.1 Å². The Morgan fingerprint density at radius 1 is 1.58 bits per heavy atom. The Hall–Kier alpha value is -1.15. The molecule has 1 aliphatic rings. The van der Waals surface area contributed by atoms with Gasteiger partial charge in [-0.1, -0.05) is 6.92 Å². The predicted octanol–water partition coefficient (Wildman–Crippen LogP) is 0.475. The van der Waals surface area contributed by atoms with Gasteiger partial charge in [0.2, 0.25) is 0 Å². The van der Waals surface area contributed by atoms with Gasteiger partial charge in [0.15, 0.2) is 5.82 Å². The average Bonchev–Trinajstić information content (AvgIpc) is 2.79. The number of tetrazole rings is 1. The number of aliphatic carboxylic acids is 1. The average molecular weight is 285 g/mol. The Morgan fingerprint density at radius 3 is 3.16 bits per heavy atom. The summed E-state index contributed by atoms with van der Waals surface area (Å²) in [6.45, 7) is 4.40. The summed E-state index contributed by atoms with van der Waals surface area (Å²) < 4.78 is 1.81. The van der Waals surface area contributed by atoms with E-state index in [0.29, 0.717) is 6.54 Å². The van der Waals surface area contributed by atoms with Crippen LogP contribution in [0.5, 0.6) is 0 Å². The highest BCUT2D eigenvalue weighted by Crippen LogP contribution is 2.20. The van der Waals surface area contributed by atoms with Crippen molar-refractivity contribution in [2.75, 3.05) is 18.1 Å². The first-order chi connectivity index (χ1) is 9.20. The molecule has 2 heterocycles. The number of rotatable bonds is 6. The molecule has 0 aliphatic carbocycles. The fraction of sp³-hybridized carbons (Fsp3) is 0.818. The summed E-state index contributed by atoms with van der Waals surface area (Å²) in [5.74, 6) is 1.97. The molecule has 1 aromatic rings. The summed E-state index contributed by atoms with van der Waals surface area (Å²) in [4.78, 5) is 13.1. The van der Waals surface area contributed by atoms with Gasteiger partial charge in [0.25, 0.3) is 0 Å². The predicted molar refractivity (Wildman–Crippen MR) is 71.9 cm³/mol. The molecule has 7 nitrogen and oxygen atoms in total. The van der Waals surface area contributed by atoms with Crippen LogP contribution in [0.3, 0.4) is 0 Å². The zero-order chi connectivity index (χ0) is 13.7. The van der Waals surface area contributed by atoms with Crippen LogP contribution < -0.4 is 0 Å². The maximum atomic E-state index is 10.9. The molecule has 0 saturated carbocycles. The van der Waals surface area contributed by atoms with Crippen LogP contribution in [-0.2, 0) is 17.9 Å². The number of nitrogens with zero attached hydrogens (tertiary/aromatic N) is 5. The van der Waals surface area contributed by atoms with Crippen molar-refractivity contribution in [3.05, 3.63) is 5.82 Å². The van der Waals surface area contributed by atoms with Crippen molar-refractivity contribution in [2.24, 2.45) is 0 Å². The second-order valence-corrected chi connectivity index (χ2v) is 5.77. The van der Waals surface area contributed by atoms with Gasteiger partial charge >= 0.3 is 5.97 Å². The Morgan fingerprint density at radius 2 is 2.42 bits per heavy atom. The van der Waals surface area contributed by atoms with E-state index in [2.05, 4.69) is 27.3 Å². The van der Waals surface area contributed by atoms with Crippen LogP contribution in [0.25, 0.3) is 0 Å². The first-order valence-electron chi connectivity index (χ1n) is 6.49. The molecule has 1 N–H and O–H groups in total. The van der Waals surface area contributed by atoms with E-state index in [9.17, 15) is 4.79 Å². The lowest BCUT2D eigenvalue weighted by atomic mass is 10.2. The van der Waals surface area contributed by atoms with Crippen LogP contribution in [0.4, 0.5) is 0 Å². The molecule has 2 rings (SSSR count). The number of aryl methyl sites for hydroxylation is 1. The molecule has 1 fully saturated rings. The molecule has 1 aliphatic heterocycles. The van der Waals surface area contributed by atoms with Crippen LogP contribution in [0.2, 0.25) is 0 Å². The lowest BCUT2D eigenvalue weighted by Gasteiger charge is -2.33. The summed E-state index contributed by atoms with van der Waals surface area (Å²) >= 11 is 1.81. The molecule has 0 spiro atoms. The highest BCUT2D eigenvalue weighted by molar-refractivity contribution is 7.99. The zero-order valence-corrected chi connectivity index (χ0v) is 11.8. The molecule has 1 saturated heterocycles. The van der Waals surface area contributed by atoms with Gasteiger partial charge in [-0.15, -0.1) is 5.10 Å². The van der Waals surface area contributed by atoms with E-state index in [1.165, 1.54) is 0 Å². The zero-order valence-electron chi connectivity index (χ0n) is 11.0. The number of thioether (sulfide) groups is 1. The highest BCUT2D eigenvalue weighted by Gasteiger charge is 2.26. The third-order valence-electron chi connectivity index (χ3n) is 3.15. The first kappa shape index (κ1) is 14.3. The highest BCUT2D eigenvalue weighted by atomic mass is 32.2. The Kier molecular flexibility index (Phi) is 5.15. The largest absolute Gasteiger partial charge is 0.481 e. The molecule has 19 heavy (non-hydrogen) atoms. The van der Waals surface area contributed by atoms with Crippen molar-refractivity contribution < 1.29 is 9.90 Å². The van der Waals surface area contributed by atoms with Crippen LogP contribution >= 0.6 is 11.8 Å². The normalized spacial score (nSPS) is 20.6. The van der Waals surface area contributed by atoms with E-state index < -0.39 is 5.97 Å². The van der Waals surface area contributed by atoms with E-state index >= 15 is 0 Å². The number of hydrogen-bond donors (Lipinski definition) is 1. The van der Waals surface area contributed by atoms with E-state index in [4.69, 9.17) is 5.11 Å². The Bertz CT molecular complexity index is 425. The molecule has 1 atom stereocenters. The van der Waals surface area contributed by atoms with Crippen LogP contribution in [0.15, 0.2) is 0 Å². The van der Waals surface area contributed by atoms with Crippen molar-refractivity contribution in [1.82, 2.24) is 25.1 Å². The summed E-state index contributed by atoms with van der Waals surface area (Å²) in [7, 11) is 0. The second kappa shape index (κ2) is 6.85. The first-order valence-corrected chi connectivity index (χ1v) is 7.64. The standard InChI is InChI=1S/C11H19N5O2S/c1-2-3-16-10(12-13-14-16)7-15-4-5-19-8-9(15)6-11(17)18/h9H,2-8H2,1H3,(H,17,18). The van der Waals surface area contributed by atoms with Crippen molar-refractivity contribution in [2.45, 2.75) is 38.9 Å². The molecule has 1 aromatic heterocycles. The number of aromatic nitrogens is 4. The minimum atomic E-state index is -0.745. The fourth-order valence-electron chi connectivity index (χ4n) is 2.19. The molecule has 0 bridgehead atoms. The minimum absolute atomic E-state index is 0.0722. The number of carboxylic acids is 1. The lowest BCUT2D eigenvalue weighted by molar-refractivity contribution is -0.138. The van der Waals surface area contributed by atoms with Crippen molar-refractivity contribution in [3.63, 3.8) is 0 Å². The number of carboxylic acid groups (broad SMARTS) is 1. The number of carbonyl (C=O) groups is 1. The minimum Gasteiger partial charge on any atom is -0.481 e. The van der Waals surface area contributed by atoms with Gasteiger partial charge in [0.1, 0.15) is 0 Å². The van der Waals surface area contributed by atoms with Gasteiger partial charge in [-0.2, -0.15) is 11.8 Å². The monoisotopic (exact) mass is 285 g/mol. The van der Waals surface area contributed by atoms with E-state index in [1.54, 1.807) is 4.68 Å². The van der Waals surface area contributed by atoms with E-state index in [1.807, 2.05) is 11.8 Å². The summed E-state index contributed by atoms with van der Waals surface area (Å²) in [5, 5.41) is 20.7. The summed E-state index contributed by atoms with van der Waals surface area (Å²) in [5.41, 5.74) is 0. The maximum absolute atomic E-state index is 10.9. The molecule has 0 amide bonds. The molecule has 0 aromatic carbocycles. The van der Waals surface area contributed by atoms with Gasteiger partial charge in [-0.05, 0) is 16.8 Å². The summed E-state index contributed by atoms with van der Waals surface area (Å²) in [6.07, 6.45) is 1.16. The van der Waals surface area contributed by atoms with Crippen molar-refractivity contribution in [1.29, 1.82) is 0 Å². The molecule has 106 valence electrons. The van der Waals surface area contributed by atoms with Crippen LogP contribution in [0.1, 0.15) is 25.6 Å². The smallest absolute Gasteiger partial charge is 0.304 e. The third-order valence-corrected chi connectivity index (χ3v) is 4.24. The van der Waals surface area contributed by atoms with Crippen molar-refractivity contribution in [3.8, 4) is 0 Å². The van der Waals surface area contributed by atoms with Gasteiger partial charge in [-0.25, -0.2) is 4.68 Å². The van der Waals surface area contributed by atoms with Crippen molar-refractivity contribution >= 4 is 17.7 Å². The van der Waals surface area contributed by atoms with Crippen LogP contribution in [-0.4, -0.2) is 60.3 Å². The third kappa shape index (κ3) is 3.90. The van der Waals surface area contributed by atoms with E-state index in [-0.39, 0.29) is 12.5 Å². The SMILES string of the molecule is CCCn1nnnc1CN1CCSCC1CC(=O)O. The van der Waals surface area contributed by atoms with Gasteiger partial charge < -0.3 is 5.11 Å². The molecular formula is C11H19N5O2S. The fourth-order valence-corrected chi connectivity index (χ4v) is 3.32. The molecule has 8 heteroatoms. The molecular weight excluding hydrogens is 266 g/mol. The molecule has 0 radical (unpaired) electrons. The second-order valence-electron chi connectivity index (χ2n) is 4.62. The number of hydrogen-bond acceptors (Lipinski definition) is 6. The lowest BCUT2D eigenvalue weighted by Crippen LogP contribution is -2.43. The van der Waals surface area contributed by atoms with Gasteiger partial charge in [-0.3, -0.25) is 9.69 Å². The quantitative estimate of drug-likeness (QED) is 0.813. The van der Waals surface area contributed by atoms with Crippen LogP contribution in [0, 0.1) is 0 Å². The maximum Gasteiger partial charge on any atom is 0.304 e. The molecule has 1 unspecified atom stereocenters. The van der Waals surface area contributed by atoms with Gasteiger partial charge in [0, 0.05) is 30.6 Å². The Balaban J connectivity index is 2.02.